The summed E-state index contributed by atoms with van der Waals surface area (Å²) in [4.78, 5) is 0. The highest BCUT2D eigenvalue weighted by molar-refractivity contribution is 6.33. The van der Waals surface area contributed by atoms with Gasteiger partial charge in [-0.3, -0.25) is 0 Å². The Bertz CT molecular complexity index is 1820. The molecule has 0 saturated carbocycles. The third-order valence-electron chi connectivity index (χ3n) is 7.08. The Balaban J connectivity index is 1.82. The quantitative estimate of drug-likeness (QED) is 0.207. The van der Waals surface area contributed by atoms with E-state index in [1.165, 1.54) is 0 Å². The molecule has 0 radical (unpaired) electrons. The predicted molar refractivity (Wildman–Crippen MR) is 156 cm³/mol. The average Bonchev–Trinajstić information content (AvgIpc) is 3.64. The lowest BCUT2D eigenvalue weighted by Gasteiger charge is -2.18. The van der Waals surface area contributed by atoms with E-state index in [4.69, 9.17) is 30.5 Å². The molecule has 0 aliphatic carbocycles. The number of hydrogen-bond acceptors (Lipinski definition) is 4. The standard InChI is InChI=1S/C32H27ClN2O4/c1-36-27-15-20-11-14-35-19-24(21-9-5-6-10-25(21)33)31(32(35)22(20)16-28(27)37-2)23-17-29(38-3)30(39-4)18-26(23)34-12-7-8-13-34/h5-19H,1-4H3. The summed E-state index contributed by atoms with van der Waals surface area (Å²) in [6.07, 6.45) is 8.22. The molecule has 0 fully saturated rings. The van der Waals surface area contributed by atoms with Crippen LogP contribution >= 0.6 is 11.6 Å². The fourth-order valence-electron chi connectivity index (χ4n) is 5.25. The zero-order valence-electron chi connectivity index (χ0n) is 22.1. The normalized spacial score (nSPS) is 11.2. The van der Waals surface area contributed by atoms with Gasteiger partial charge in [-0.1, -0.05) is 29.8 Å². The van der Waals surface area contributed by atoms with Gasteiger partial charge in [0.1, 0.15) is 0 Å². The van der Waals surface area contributed by atoms with Gasteiger partial charge in [-0.2, -0.15) is 0 Å². The highest BCUT2D eigenvalue weighted by Gasteiger charge is 2.24. The lowest BCUT2D eigenvalue weighted by molar-refractivity contribution is 0.355. The van der Waals surface area contributed by atoms with Crippen LogP contribution in [0.2, 0.25) is 5.02 Å². The molecule has 39 heavy (non-hydrogen) atoms. The number of benzene rings is 3. The molecule has 0 atom stereocenters. The number of aromatic nitrogens is 2. The summed E-state index contributed by atoms with van der Waals surface area (Å²) in [5.74, 6) is 2.60. The molecule has 0 bridgehead atoms. The Morgan fingerprint density at radius 3 is 1.95 bits per heavy atom. The average molecular weight is 539 g/mol. The van der Waals surface area contributed by atoms with E-state index in [9.17, 15) is 0 Å². The summed E-state index contributed by atoms with van der Waals surface area (Å²) in [6.45, 7) is 0. The van der Waals surface area contributed by atoms with Crippen molar-refractivity contribution >= 4 is 27.9 Å². The molecule has 0 spiro atoms. The van der Waals surface area contributed by atoms with Crippen molar-refractivity contribution in [2.45, 2.75) is 0 Å². The fraction of sp³-hybridized carbons (Fsp3) is 0.125. The van der Waals surface area contributed by atoms with Crippen LogP contribution in [-0.2, 0) is 0 Å². The number of methoxy groups -OCH3 is 4. The summed E-state index contributed by atoms with van der Waals surface area (Å²) in [5.41, 5.74) is 5.83. The molecule has 6 rings (SSSR count). The number of hydrogen-bond donors (Lipinski definition) is 0. The number of ether oxygens (including phenoxy) is 4. The number of fused-ring (bicyclic) bond motifs is 3. The van der Waals surface area contributed by atoms with Crippen LogP contribution in [0, 0.1) is 0 Å². The van der Waals surface area contributed by atoms with E-state index in [1.807, 2.05) is 73.1 Å². The number of halogens is 1. The lowest BCUT2D eigenvalue weighted by atomic mass is 9.94. The van der Waals surface area contributed by atoms with Crippen LogP contribution in [0.4, 0.5) is 0 Å². The lowest BCUT2D eigenvalue weighted by Crippen LogP contribution is -1.99. The van der Waals surface area contributed by atoms with E-state index < -0.39 is 0 Å². The maximum atomic E-state index is 6.80. The van der Waals surface area contributed by atoms with E-state index >= 15 is 0 Å². The van der Waals surface area contributed by atoms with Crippen LogP contribution < -0.4 is 18.9 Å². The topological polar surface area (TPSA) is 46.3 Å². The molecular weight excluding hydrogens is 512 g/mol. The smallest absolute Gasteiger partial charge is 0.162 e. The Morgan fingerprint density at radius 2 is 1.26 bits per heavy atom. The summed E-state index contributed by atoms with van der Waals surface area (Å²) < 4.78 is 27.0. The molecule has 6 aromatic rings. The van der Waals surface area contributed by atoms with E-state index in [-0.39, 0.29) is 0 Å². The molecule has 0 aliphatic heterocycles. The van der Waals surface area contributed by atoms with Gasteiger partial charge in [-0.15, -0.1) is 0 Å². The van der Waals surface area contributed by atoms with Crippen molar-refractivity contribution < 1.29 is 18.9 Å². The van der Waals surface area contributed by atoms with E-state index in [2.05, 4.69) is 27.4 Å². The predicted octanol–water partition coefficient (Wildman–Crippen LogP) is 7.91. The summed E-state index contributed by atoms with van der Waals surface area (Å²) in [6, 6.07) is 22.0. The Morgan fingerprint density at radius 1 is 0.615 bits per heavy atom. The second-order valence-electron chi connectivity index (χ2n) is 9.08. The number of nitrogens with zero attached hydrogens (tertiary/aromatic N) is 2. The van der Waals surface area contributed by atoms with Gasteiger partial charge in [0.05, 0.1) is 39.6 Å². The molecule has 3 aromatic carbocycles. The first-order valence-electron chi connectivity index (χ1n) is 12.4. The van der Waals surface area contributed by atoms with Crippen molar-refractivity contribution in [3.8, 4) is 50.9 Å². The van der Waals surface area contributed by atoms with Crippen LogP contribution in [0.5, 0.6) is 23.0 Å². The zero-order valence-corrected chi connectivity index (χ0v) is 22.8. The van der Waals surface area contributed by atoms with Gasteiger partial charge in [0.25, 0.3) is 0 Å². The van der Waals surface area contributed by atoms with Gasteiger partial charge in [0.2, 0.25) is 0 Å². The first-order chi connectivity index (χ1) is 19.1. The summed E-state index contributed by atoms with van der Waals surface area (Å²) in [7, 11) is 6.59. The van der Waals surface area contributed by atoms with Gasteiger partial charge in [-0.25, -0.2) is 0 Å². The minimum Gasteiger partial charge on any atom is -0.493 e. The molecular formula is C32H27ClN2O4. The molecule has 0 saturated heterocycles. The summed E-state index contributed by atoms with van der Waals surface area (Å²) >= 11 is 6.80. The molecule has 6 nitrogen and oxygen atoms in total. The SMILES string of the molecule is COc1cc(-c2c(-c3ccccc3Cl)cn3ccc4cc(OC)c(OC)cc4c23)c(-n2cccc2)cc1OC. The van der Waals surface area contributed by atoms with Crippen LogP contribution in [0.15, 0.2) is 91.5 Å². The van der Waals surface area contributed by atoms with Crippen LogP contribution in [-0.4, -0.2) is 37.4 Å². The maximum absolute atomic E-state index is 6.80. The molecule has 7 heteroatoms. The third-order valence-corrected chi connectivity index (χ3v) is 7.41. The zero-order chi connectivity index (χ0) is 27.1. The minimum atomic E-state index is 0.632. The first-order valence-corrected chi connectivity index (χ1v) is 12.8. The Kier molecular flexibility index (Phi) is 6.33. The summed E-state index contributed by atoms with van der Waals surface area (Å²) in [5, 5.41) is 2.70. The molecule has 196 valence electrons. The second-order valence-corrected chi connectivity index (χ2v) is 9.49. The number of pyridine rings is 1. The molecule has 0 N–H and O–H groups in total. The van der Waals surface area contributed by atoms with Gasteiger partial charge in [0.15, 0.2) is 23.0 Å². The van der Waals surface area contributed by atoms with Crippen molar-refractivity contribution in [1.82, 2.24) is 8.97 Å². The fourth-order valence-corrected chi connectivity index (χ4v) is 5.49. The van der Waals surface area contributed by atoms with Gasteiger partial charge >= 0.3 is 0 Å². The Hall–Kier alpha value is -4.55. The highest BCUT2D eigenvalue weighted by atomic mass is 35.5. The van der Waals surface area contributed by atoms with Gasteiger partial charge in [-0.05, 0) is 47.9 Å². The Labute approximate surface area is 231 Å². The third kappa shape index (κ3) is 4.04. The van der Waals surface area contributed by atoms with E-state index in [0.717, 1.165) is 44.2 Å². The monoisotopic (exact) mass is 538 g/mol. The molecule has 3 heterocycles. The van der Waals surface area contributed by atoms with Crippen LogP contribution in [0.25, 0.3) is 44.2 Å². The van der Waals surface area contributed by atoms with Crippen molar-refractivity contribution in [3.63, 3.8) is 0 Å². The van der Waals surface area contributed by atoms with Crippen molar-refractivity contribution in [3.05, 3.63) is 96.5 Å². The first kappa shape index (κ1) is 24.8. The molecule has 0 aliphatic rings. The maximum Gasteiger partial charge on any atom is 0.162 e. The largest absolute Gasteiger partial charge is 0.493 e. The van der Waals surface area contributed by atoms with Crippen LogP contribution in [0.3, 0.4) is 0 Å². The van der Waals surface area contributed by atoms with E-state index in [0.29, 0.717) is 28.0 Å². The van der Waals surface area contributed by atoms with E-state index in [1.54, 1.807) is 28.4 Å². The van der Waals surface area contributed by atoms with Crippen LogP contribution in [0.1, 0.15) is 0 Å². The molecule has 0 unspecified atom stereocenters. The highest BCUT2D eigenvalue weighted by Crippen LogP contribution is 2.47. The van der Waals surface area contributed by atoms with Crippen molar-refractivity contribution in [2.75, 3.05) is 28.4 Å². The molecule has 3 aromatic heterocycles. The van der Waals surface area contributed by atoms with Gasteiger partial charge in [0, 0.05) is 63.5 Å². The minimum absolute atomic E-state index is 0.632. The van der Waals surface area contributed by atoms with Gasteiger partial charge < -0.3 is 27.9 Å². The second kappa shape index (κ2) is 9.97. The van der Waals surface area contributed by atoms with Crippen molar-refractivity contribution in [1.29, 1.82) is 0 Å². The number of rotatable bonds is 7. The van der Waals surface area contributed by atoms with Crippen molar-refractivity contribution in [2.24, 2.45) is 0 Å². The molecule has 0 amide bonds.